The molecule has 0 bridgehead atoms. The van der Waals surface area contributed by atoms with Crippen LogP contribution in [0.25, 0.3) is 0 Å². The van der Waals surface area contributed by atoms with Crippen LogP contribution in [0.3, 0.4) is 0 Å². The van der Waals surface area contributed by atoms with Crippen molar-refractivity contribution in [3.05, 3.63) is 70.2 Å². The Morgan fingerprint density at radius 1 is 0.870 bits per heavy atom. The fourth-order valence-electron chi connectivity index (χ4n) is 3.33. The van der Waals surface area contributed by atoms with Gasteiger partial charge in [0, 0.05) is 56.2 Å². The third-order valence-electron chi connectivity index (χ3n) is 5.23. The maximum Gasteiger partial charge on any atom is 0.490 e. The lowest BCUT2D eigenvalue weighted by Gasteiger charge is -2.26. The fourth-order valence-corrected chi connectivity index (χ4v) is 4.08. The molecule has 0 atom stereocenters. The molecular formula is C25H26F9N5O6S. The van der Waals surface area contributed by atoms with Crippen LogP contribution in [-0.2, 0) is 47.1 Å². The molecule has 3 N–H and O–H groups in total. The monoisotopic (exact) mass is 695 g/mol. The second kappa shape index (κ2) is 17.5. The van der Waals surface area contributed by atoms with Gasteiger partial charge in [-0.3, -0.25) is 14.8 Å². The molecule has 1 aliphatic heterocycles. The SMILES string of the molecule is CN(Cc1cccnc1)Cc1cn2c(n1)CN(Cc1cccs1)CC2.O=C(O)C(F)(F)F.O=C(O)C(F)(F)F.O=C(O)C(F)(F)F. The molecule has 0 fully saturated rings. The van der Waals surface area contributed by atoms with Crippen molar-refractivity contribution in [2.45, 2.75) is 51.3 Å². The summed E-state index contributed by atoms with van der Waals surface area (Å²) >= 11 is 1.83. The highest BCUT2D eigenvalue weighted by Gasteiger charge is 2.39. The molecule has 4 heterocycles. The number of carboxylic acid groups (broad SMARTS) is 3. The second-order valence-corrected chi connectivity index (χ2v) is 10.1. The molecule has 0 amide bonds. The van der Waals surface area contributed by atoms with Gasteiger partial charge >= 0.3 is 36.4 Å². The predicted molar refractivity (Wildman–Crippen MR) is 141 cm³/mol. The molecule has 256 valence electrons. The van der Waals surface area contributed by atoms with Gasteiger partial charge in [-0.15, -0.1) is 11.3 Å². The number of fused-ring (bicyclic) bond motifs is 1. The summed E-state index contributed by atoms with van der Waals surface area (Å²) < 4.78 is 97.5. The van der Waals surface area contributed by atoms with Gasteiger partial charge in [0.25, 0.3) is 0 Å². The molecule has 1 aliphatic rings. The molecule has 3 aromatic rings. The van der Waals surface area contributed by atoms with E-state index in [1.54, 1.807) is 0 Å². The Bertz CT molecular complexity index is 1320. The summed E-state index contributed by atoms with van der Waals surface area (Å²) in [7, 11) is 2.13. The first-order chi connectivity index (χ1) is 21.1. The summed E-state index contributed by atoms with van der Waals surface area (Å²) in [6.07, 6.45) is -9.29. The predicted octanol–water partition coefficient (Wildman–Crippen LogP) is 4.89. The highest BCUT2D eigenvalue weighted by molar-refractivity contribution is 7.09. The van der Waals surface area contributed by atoms with E-state index in [9.17, 15) is 39.5 Å². The summed E-state index contributed by atoms with van der Waals surface area (Å²) in [5.74, 6) is -7.08. The van der Waals surface area contributed by atoms with Gasteiger partial charge in [-0.2, -0.15) is 39.5 Å². The molecule has 3 aromatic heterocycles. The van der Waals surface area contributed by atoms with Crippen molar-refractivity contribution in [2.24, 2.45) is 0 Å². The standard InChI is InChI=1S/C19H23N5S.3C2HF3O2/c1-22(11-16-4-2-6-20-10-16)12-17-13-24-8-7-23(15-19(24)21-17)14-18-5-3-9-25-18;3*3-2(4,5)1(6)7/h2-6,9-10,13H,7-8,11-12,14-15H2,1H3;3*(H,6,7). The first-order valence-corrected chi connectivity index (χ1v) is 13.2. The molecule has 0 aromatic carbocycles. The van der Waals surface area contributed by atoms with Crippen LogP contribution in [0.2, 0.25) is 0 Å². The Balaban J connectivity index is 0.000000413. The van der Waals surface area contributed by atoms with Crippen molar-refractivity contribution < 1.29 is 69.2 Å². The highest BCUT2D eigenvalue weighted by Crippen LogP contribution is 2.19. The van der Waals surface area contributed by atoms with Gasteiger partial charge in [-0.05, 0) is 30.1 Å². The van der Waals surface area contributed by atoms with E-state index in [2.05, 4.69) is 56.2 Å². The van der Waals surface area contributed by atoms with E-state index in [0.29, 0.717) is 0 Å². The zero-order valence-electron chi connectivity index (χ0n) is 23.5. The van der Waals surface area contributed by atoms with Gasteiger partial charge in [0.1, 0.15) is 5.82 Å². The molecule has 0 saturated heterocycles. The highest BCUT2D eigenvalue weighted by atomic mass is 32.1. The number of alkyl halides is 9. The number of pyridine rings is 1. The molecule has 11 nitrogen and oxygen atoms in total. The smallest absolute Gasteiger partial charge is 0.475 e. The molecule has 4 rings (SSSR count). The van der Waals surface area contributed by atoms with E-state index >= 15 is 0 Å². The lowest BCUT2D eigenvalue weighted by atomic mass is 10.2. The number of hydrogen-bond donors (Lipinski definition) is 3. The van der Waals surface area contributed by atoms with Gasteiger partial charge in [-0.25, -0.2) is 19.4 Å². The Kier molecular flexibility index (Phi) is 15.1. The number of aromatic nitrogens is 3. The summed E-state index contributed by atoms with van der Waals surface area (Å²) in [5, 5.41) is 23.5. The van der Waals surface area contributed by atoms with Crippen LogP contribution in [0, 0.1) is 0 Å². The lowest BCUT2D eigenvalue weighted by molar-refractivity contribution is -0.193. The molecule has 0 aliphatic carbocycles. The molecule has 0 radical (unpaired) electrons. The van der Waals surface area contributed by atoms with Crippen LogP contribution in [0.4, 0.5) is 39.5 Å². The maximum absolute atomic E-state index is 10.6. The van der Waals surface area contributed by atoms with Crippen molar-refractivity contribution in [2.75, 3.05) is 13.6 Å². The molecule has 0 unspecified atom stereocenters. The number of nitrogens with zero attached hydrogens (tertiary/aromatic N) is 5. The minimum absolute atomic E-state index is 0.861. The van der Waals surface area contributed by atoms with Crippen molar-refractivity contribution in [3.63, 3.8) is 0 Å². The first-order valence-electron chi connectivity index (χ1n) is 12.4. The van der Waals surface area contributed by atoms with E-state index in [0.717, 1.165) is 45.0 Å². The van der Waals surface area contributed by atoms with E-state index in [-0.39, 0.29) is 0 Å². The Hall–Kier alpha value is -4.24. The largest absolute Gasteiger partial charge is 0.490 e. The van der Waals surface area contributed by atoms with E-state index in [4.69, 9.17) is 34.7 Å². The lowest BCUT2D eigenvalue weighted by Crippen LogP contribution is -2.32. The first kappa shape index (κ1) is 39.8. The minimum atomic E-state index is -5.08. The molecular weight excluding hydrogens is 669 g/mol. The normalized spacial score (nSPS) is 13.2. The van der Waals surface area contributed by atoms with Crippen LogP contribution in [0.5, 0.6) is 0 Å². The maximum atomic E-state index is 10.6. The Labute approximate surface area is 258 Å². The molecule has 0 saturated carbocycles. The quantitative estimate of drug-likeness (QED) is 0.305. The van der Waals surface area contributed by atoms with Gasteiger partial charge in [-0.1, -0.05) is 12.1 Å². The Morgan fingerprint density at radius 2 is 1.41 bits per heavy atom. The van der Waals surface area contributed by atoms with Crippen molar-refractivity contribution in [1.29, 1.82) is 0 Å². The summed E-state index contributed by atoms with van der Waals surface area (Å²) in [5.41, 5.74) is 2.38. The molecule has 21 heteroatoms. The number of thiophene rings is 1. The number of hydrogen-bond acceptors (Lipinski definition) is 8. The van der Waals surface area contributed by atoms with Crippen LogP contribution in [0.1, 0.15) is 22.0 Å². The fraction of sp³-hybridized carbons (Fsp3) is 0.400. The molecule has 46 heavy (non-hydrogen) atoms. The minimum Gasteiger partial charge on any atom is -0.475 e. The third kappa shape index (κ3) is 15.7. The van der Waals surface area contributed by atoms with E-state index < -0.39 is 36.4 Å². The summed E-state index contributed by atoms with van der Waals surface area (Å²) in [6.45, 7) is 5.83. The zero-order chi connectivity index (χ0) is 35.3. The Morgan fingerprint density at radius 3 is 1.85 bits per heavy atom. The number of imidazole rings is 1. The number of aliphatic carboxylic acids is 3. The van der Waals surface area contributed by atoms with E-state index in [1.807, 2.05) is 29.8 Å². The number of carbonyl (C=O) groups is 3. The third-order valence-corrected chi connectivity index (χ3v) is 6.09. The van der Waals surface area contributed by atoms with Crippen molar-refractivity contribution >= 4 is 29.2 Å². The number of carboxylic acids is 3. The van der Waals surface area contributed by atoms with Crippen LogP contribution in [0.15, 0.2) is 48.2 Å². The summed E-state index contributed by atoms with van der Waals surface area (Å²) in [4.78, 5) is 41.9. The number of rotatable bonds is 6. The zero-order valence-corrected chi connectivity index (χ0v) is 24.3. The van der Waals surface area contributed by atoms with Gasteiger partial charge < -0.3 is 19.9 Å². The second-order valence-electron chi connectivity index (χ2n) is 9.07. The van der Waals surface area contributed by atoms with Crippen LogP contribution >= 0.6 is 11.3 Å². The molecule has 0 spiro atoms. The summed E-state index contributed by atoms with van der Waals surface area (Å²) in [6, 6.07) is 8.44. The van der Waals surface area contributed by atoms with Crippen LogP contribution < -0.4 is 0 Å². The van der Waals surface area contributed by atoms with Crippen molar-refractivity contribution in [1.82, 2.24) is 24.3 Å². The van der Waals surface area contributed by atoms with Gasteiger partial charge in [0.05, 0.1) is 12.2 Å². The average molecular weight is 696 g/mol. The number of halogens is 9. The van der Waals surface area contributed by atoms with E-state index in [1.165, 1.54) is 16.3 Å². The van der Waals surface area contributed by atoms with Gasteiger partial charge in [0.15, 0.2) is 0 Å². The average Bonchev–Trinajstić information content (AvgIpc) is 3.58. The van der Waals surface area contributed by atoms with Gasteiger partial charge in [0.2, 0.25) is 0 Å². The van der Waals surface area contributed by atoms with Crippen LogP contribution in [-0.4, -0.2) is 89.7 Å². The topological polar surface area (TPSA) is 149 Å². The van der Waals surface area contributed by atoms with Crippen molar-refractivity contribution in [3.8, 4) is 0 Å².